The highest BCUT2D eigenvalue weighted by Gasteiger charge is 2.16. The Bertz CT molecular complexity index is 316. The maximum Gasteiger partial charge on any atom is 0.128 e. The van der Waals surface area contributed by atoms with Gasteiger partial charge in [0.2, 0.25) is 0 Å². The van der Waals surface area contributed by atoms with E-state index < -0.39 is 0 Å². The molecule has 0 aliphatic heterocycles. The van der Waals surface area contributed by atoms with Crippen molar-refractivity contribution < 1.29 is 0 Å². The summed E-state index contributed by atoms with van der Waals surface area (Å²) >= 11 is 0. The smallest absolute Gasteiger partial charge is 0.128 e. The lowest BCUT2D eigenvalue weighted by molar-refractivity contribution is 0.344. The fourth-order valence-electron chi connectivity index (χ4n) is 1.91. The summed E-state index contributed by atoms with van der Waals surface area (Å²) in [7, 11) is 4.12. The van der Waals surface area contributed by atoms with Gasteiger partial charge in [0.15, 0.2) is 0 Å². The van der Waals surface area contributed by atoms with Gasteiger partial charge in [-0.25, -0.2) is 4.98 Å². The van der Waals surface area contributed by atoms with Gasteiger partial charge in [-0.05, 0) is 39.2 Å². The van der Waals surface area contributed by atoms with Gasteiger partial charge in [0, 0.05) is 24.3 Å². The number of hydrogen-bond donors (Lipinski definition) is 2. The topological polar surface area (TPSA) is 54.2 Å². The van der Waals surface area contributed by atoms with Crippen molar-refractivity contribution in [1.29, 1.82) is 0 Å². The lowest BCUT2D eigenvalue weighted by Gasteiger charge is -2.24. The van der Waals surface area contributed by atoms with Crippen molar-refractivity contribution in [2.24, 2.45) is 0 Å². The predicted molar refractivity (Wildman–Crippen MR) is 68.4 cm³/mol. The Morgan fingerprint density at radius 2 is 2.19 bits per heavy atom. The van der Waals surface area contributed by atoms with E-state index in [9.17, 15) is 0 Å². The van der Waals surface area contributed by atoms with Gasteiger partial charge in [-0.15, -0.1) is 0 Å². The molecule has 4 nitrogen and oxygen atoms in total. The van der Waals surface area contributed by atoms with E-state index in [0.717, 1.165) is 18.7 Å². The van der Waals surface area contributed by atoms with Crippen LogP contribution in [0.25, 0.3) is 0 Å². The van der Waals surface area contributed by atoms with Crippen LogP contribution in [-0.2, 0) is 0 Å². The zero-order valence-electron chi connectivity index (χ0n) is 10.6. The van der Waals surface area contributed by atoms with Crippen LogP contribution in [0.1, 0.15) is 24.1 Å². The van der Waals surface area contributed by atoms with Gasteiger partial charge in [0.1, 0.15) is 5.82 Å². The number of nitrogens with two attached hydrogens (primary N) is 1. The summed E-state index contributed by atoms with van der Waals surface area (Å²) in [6.45, 7) is 6.02. The molecule has 1 unspecified atom stereocenters. The van der Waals surface area contributed by atoms with Gasteiger partial charge < -0.3 is 16.0 Å². The van der Waals surface area contributed by atoms with Crippen LogP contribution in [-0.4, -0.2) is 37.1 Å². The standard InChI is InChI=1S/C12H22N4/c1-5-14-10(8-16(3)4)11-9(2)6-7-15-12(11)13/h6-7,10,14H,5,8H2,1-4H3,(H2,13,15). The highest BCUT2D eigenvalue weighted by Crippen LogP contribution is 2.22. The molecule has 4 heteroatoms. The van der Waals surface area contributed by atoms with Crippen molar-refractivity contribution in [3.8, 4) is 0 Å². The molecule has 3 N–H and O–H groups in total. The predicted octanol–water partition coefficient (Wildman–Crippen LogP) is 1.18. The normalized spacial score (nSPS) is 13.1. The Balaban J connectivity index is 3.00. The first-order chi connectivity index (χ1) is 7.56. The third-order valence-corrected chi connectivity index (χ3v) is 2.59. The van der Waals surface area contributed by atoms with E-state index in [1.54, 1.807) is 6.20 Å². The van der Waals surface area contributed by atoms with E-state index >= 15 is 0 Å². The molecular formula is C12H22N4. The van der Waals surface area contributed by atoms with Crippen LogP contribution in [0.5, 0.6) is 0 Å². The van der Waals surface area contributed by atoms with Crippen molar-refractivity contribution in [2.75, 3.05) is 32.9 Å². The maximum atomic E-state index is 5.96. The Hall–Kier alpha value is -1.13. The molecule has 1 aromatic rings. The molecule has 0 radical (unpaired) electrons. The van der Waals surface area contributed by atoms with Crippen LogP contribution in [0.15, 0.2) is 12.3 Å². The number of likely N-dealkylation sites (N-methyl/N-ethyl adjacent to an activating group) is 2. The van der Waals surface area contributed by atoms with Crippen LogP contribution in [0.2, 0.25) is 0 Å². The average Bonchev–Trinajstić information content (AvgIpc) is 2.16. The fraction of sp³-hybridized carbons (Fsp3) is 0.583. The fourth-order valence-corrected chi connectivity index (χ4v) is 1.91. The number of nitrogen functional groups attached to an aromatic ring is 1. The van der Waals surface area contributed by atoms with E-state index in [1.165, 1.54) is 5.56 Å². The minimum atomic E-state index is 0.244. The molecule has 0 amide bonds. The van der Waals surface area contributed by atoms with Crippen LogP contribution in [0.3, 0.4) is 0 Å². The first-order valence-corrected chi connectivity index (χ1v) is 5.65. The summed E-state index contributed by atoms with van der Waals surface area (Å²) in [5.41, 5.74) is 8.28. The molecule has 0 aliphatic carbocycles. The van der Waals surface area contributed by atoms with Crippen molar-refractivity contribution in [3.05, 3.63) is 23.4 Å². The molecule has 0 saturated carbocycles. The average molecular weight is 222 g/mol. The molecule has 0 saturated heterocycles. The third kappa shape index (κ3) is 3.18. The molecule has 0 fully saturated rings. The lowest BCUT2D eigenvalue weighted by atomic mass is 10.0. The molecule has 0 aromatic carbocycles. The zero-order valence-corrected chi connectivity index (χ0v) is 10.6. The van der Waals surface area contributed by atoms with Crippen LogP contribution < -0.4 is 11.1 Å². The van der Waals surface area contributed by atoms with Gasteiger partial charge in [-0.3, -0.25) is 0 Å². The monoisotopic (exact) mass is 222 g/mol. The van der Waals surface area contributed by atoms with E-state index in [2.05, 4.69) is 43.1 Å². The molecule has 1 heterocycles. The van der Waals surface area contributed by atoms with Crippen LogP contribution in [0, 0.1) is 6.92 Å². The van der Waals surface area contributed by atoms with Gasteiger partial charge in [-0.2, -0.15) is 0 Å². The summed E-state index contributed by atoms with van der Waals surface area (Å²) in [5, 5.41) is 3.45. The zero-order chi connectivity index (χ0) is 12.1. The number of aromatic nitrogens is 1. The summed E-state index contributed by atoms with van der Waals surface area (Å²) < 4.78 is 0. The molecule has 0 bridgehead atoms. The molecule has 1 rings (SSSR count). The molecular weight excluding hydrogens is 200 g/mol. The molecule has 1 atom stereocenters. The quantitative estimate of drug-likeness (QED) is 0.785. The Kier molecular flexibility index (Phi) is 4.71. The Labute approximate surface area is 97.9 Å². The SMILES string of the molecule is CCNC(CN(C)C)c1c(C)ccnc1N. The minimum Gasteiger partial charge on any atom is -0.383 e. The first-order valence-electron chi connectivity index (χ1n) is 5.65. The number of anilines is 1. The van der Waals surface area contributed by atoms with E-state index in [0.29, 0.717) is 5.82 Å². The first kappa shape index (κ1) is 12.9. The Morgan fingerprint density at radius 3 is 2.69 bits per heavy atom. The van der Waals surface area contributed by atoms with Gasteiger partial charge in [0.05, 0.1) is 0 Å². The minimum absolute atomic E-state index is 0.244. The van der Waals surface area contributed by atoms with Crippen LogP contribution >= 0.6 is 0 Å². The number of nitrogens with one attached hydrogen (secondary N) is 1. The third-order valence-electron chi connectivity index (χ3n) is 2.59. The molecule has 0 aliphatic rings. The highest BCUT2D eigenvalue weighted by atomic mass is 15.1. The van der Waals surface area contributed by atoms with Gasteiger partial charge >= 0.3 is 0 Å². The molecule has 0 spiro atoms. The number of rotatable bonds is 5. The van der Waals surface area contributed by atoms with Crippen LogP contribution in [0.4, 0.5) is 5.82 Å². The lowest BCUT2D eigenvalue weighted by Crippen LogP contribution is -2.32. The maximum absolute atomic E-state index is 5.96. The number of nitrogens with zero attached hydrogens (tertiary/aromatic N) is 2. The summed E-state index contributed by atoms with van der Waals surface area (Å²) in [6, 6.07) is 2.25. The van der Waals surface area contributed by atoms with Crippen molar-refractivity contribution in [1.82, 2.24) is 15.2 Å². The molecule has 90 valence electrons. The van der Waals surface area contributed by atoms with E-state index in [4.69, 9.17) is 5.73 Å². The number of aryl methyl sites for hydroxylation is 1. The van der Waals surface area contributed by atoms with Crippen molar-refractivity contribution >= 4 is 5.82 Å². The van der Waals surface area contributed by atoms with E-state index in [-0.39, 0.29) is 6.04 Å². The molecule has 1 aromatic heterocycles. The second kappa shape index (κ2) is 5.82. The molecule has 16 heavy (non-hydrogen) atoms. The van der Waals surface area contributed by atoms with Gasteiger partial charge in [0.25, 0.3) is 0 Å². The van der Waals surface area contributed by atoms with Crippen molar-refractivity contribution in [3.63, 3.8) is 0 Å². The highest BCUT2D eigenvalue weighted by molar-refractivity contribution is 5.46. The largest absolute Gasteiger partial charge is 0.383 e. The number of hydrogen-bond acceptors (Lipinski definition) is 4. The number of pyridine rings is 1. The summed E-state index contributed by atoms with van der Waals surface area (Å²) in [4.78, 5) is 6.32. The second-order valence-electron chi connectivity index (χ2n) is 4.30. The second-order valence-corrected chi connectivity index (χ2v) is 4.30. The summed E-state index contributed by atoms with van der Waals surface area (Å²) in [6.07, 6.45) is 1.76. The Morgan fingerprint density at radius 1 is 1.50 bits per heavy atom. The summed E-state index contributed by atoms with van der Waals surface area (Å²) in [5.74, 6) is 0.632. The van der Waals surface area contributed by atoms with E-state index in [1.807, 2.05) is 6.07 Å². The van der Waals surface area contributed by atoms with Crippen molar-refractivity contribution in [2.45, 2.75) is 19.9 Å². The van der Waals surface area contributed by atoms with Gasteiger partial charge in [-0.1, -0.05) is 6.92 Å².